The van der Waals surface area contributed by atoms with Crippen molar-refractivity contribution in [2.24, 2.45) is 0 Å². The van der Waals surface area contributed by atoms with Crippen molar-refractivity contribution >= 4 is 22.6 Å². The number of nitrogens with one attached hydrogen (secondary N) is 1. The van der Waals surface area contributed by atoms with Crippen molar-refractivity contribution in [2.75, 3.05) is 6.54 Å². The van der Waals surface area contributed by atoms with Crippen LogP contribution in [0.4, 0.5) is 0 Å². The van der Waals surface area contributed by atoms with Gasteiger partial charge in [-0.15, -0.1) is 0 Å². The lowest BCUT2D eigenvalue weighted by molar-refractivity contribution is 0.499. The van der Waals surface area contributed by atoms with Crippen LogP contribution in [-0.4, -0.2) is 16.3 Å². The standard InChI is InChI=1S/C16H18ClN3O/c1-3-18-8-13-12-6-4-5-7-15(12)21-16(13)10-20-9-14(17)11(2)19-20/h4-7,9,18H,3,8,10H2,1-2H3. The van der Waals surface area contributed by atoms with Crippen LogP contribution in [0, 0.1) is 6.92 Å². The molecule has 0 atom stereocenters. The number of hydrogen-bond donors (Lipinski definition) is 1. The van der Waals surface area contributed by atoms with Crippen molar-refractivity contribution in [3.8, 4) is 0 Å². The van der Waals surface area contributed by atoms with Gasteiger partial charge in [-0.3, -0.25) is 4.68 Å². The maximum Gasteiger partial charge on any atom is 0.134 e. The molecule has 0 aliphatic rings. The second kappa shape index (κ2) is 5.92. The highest BCUT2D eigenvalue weighted by Crippen LogP contribution is 2.27. The fraction of sp³-hybridized carbons (Fsp3) is 0.312. The summed E-state index contributed by atoms with van der Waals surface area (Å²) in [4.78, 5) is 0. The largest absolute Gasteiger partial charge is 0.459 e. The van der Waals surface area contributed by atoms with Crippen molar-refractivity contribution < 1.29 is 4.42 Å². The van der Waals surface area contributed by atoms with E-state index in [0.29, 0.717) is 11.6 Å². The van der Waals surface area contributed by atoms with E-state index in [4.69, 9.17) is 16.0 Å². The topological polar surface area (TPSA) is 43.0 Å². The zero-order chi connectivity index (χ0) is 14.8. The van der Waals surface area contributed by atoms with Crippen LogP contribution in [0.15, 0.2) is 34.9 Å². The normalized spacial score (nSPS) is 11.4. The molecule has 2 aromatic heterocycles. The van der Waals surface area contributed by atoms with E-state index < -0.39 is 0 Å². The molecule has 0 saturated carbocycles. The molecule has 0 unspecified atom stereocenters. The molecule has 0 amide bonds. The SMILES string of the molecule is CCNCc1c(Cn2cc(Cl)c(C)n2)oc2ccccc12. The molecule has 5 heteroatoms. The highest BCUT2D eigenvalue weighted by molar-refractivity contribution is 6.31. The van der Waals surface area contributed by atoms with Gasteiger partial charge in [0.25, 0.3) is 0 Å². The third-order valence-corrected chi connectivity index (χ3v) is 3.90. The van der Waals surface area contributed by atoms with Crippen molar-refractivity contribution in [3.63, 3.8) is 0 Å². The number of rotatable bonds is 5. The number of hydrogen-bond acceptors (Lipinski definition) is 3. The van der Waals surface area contributed by atoms with Gasteiger partial charge in [-0.2, -0.15) is 5.10 Å². The minimum Gasteiger partial charge on any atom is -0.459 e. The molecule has 0 fully saturated rings. The summed E-state index contributed by atoms with van der Waals surface area (Å²) in [6.45, 7) is 6.29. The Balaban J connectivity index is 1.99. The molecule has 1 aromatic carbocycles. The molecule has 0 radical (unpaired) electrons. The smallest absolute Gasteiger partial charge is 0.134 e. The van der Waals surface area contributed by atoms with Gasteiger partial charge >= 0.3 is 0 Å². The Kier molecular flexibility index (Phi) is 3.99. The number of benzene rings is 1. The van der Waals surface area contributed by atoms with Crippen LogP contribution in [0.25, 0.3) is 11.0 Å². The second-order valence-corrected chi connectivity index (χ2v) is 5.45. The van der Waals surface area contributed by atoms with E-state index in [2.05, 4.69) is 23.4 Å². The van der Waals surface area contributed by atoms with Crippen molar-refractivity contribution in [2.45, 2.75) is 26.9 Å². The van der Waals surface area contributed by atoms with Gasteiger partial charge in [0.2, 0.25) is 0 Å². The first-order valence-corrected chi connectivity index (χ1v) is 7.46. The van der Waals surface area contributed by atoms with Crippen LogP contribution in [-0.2, 0) is 13.1 Å². The van der Waals surface area contributed by atoms with Crippen LogP contribution >= 0.6 is 11.6 Å². The lowest BCUT2D eigenvalue weighted by Crippen LogP contribution is -2.13. The van der Waals surface area contributed by atoms with E-state index in [1.807, 2.05) is 36.0 Å². The molecule has 3 rings (SSSR count). The Morgan fingerprint density at radius 1 is 1.33 bits per heavy atom. The van der Waals surface area contributed by atoms with Crippen molar-refractivity contribution in [1.82, 2.24) is 15.1 Å². The number of furan rings is 1. The quantitative estimate of drug-likeness (QED) is 0.780. The molecule has 0 saturated heterocycles. The Labute approximate surface area is 128 Å². The molecule has 0 aliphatic carbocycles. The summed E-state index contributed by atoms with van der Waals surface area (Å²) in [6, 6.07) is 8.11. The lowest BCUT2D eigenvalue weighted by atomic mass is 10.1. The molecule has 0 spiro atoms. The van der Waals surface area contributed by atoms with E-state index >= 15 is 0 Å². The first-order valence-electron chi connectivity index (χ1n) is 7.08. The summed E-state index contributed by atoms with van der Waals surface area (Å²) in [5.41, 5.74) is 2.94. The van der Waals surface area contributed by atoms with E-state index in [9.17, 15) is 0 Å². The number of aromatic nitrogens is 2. The molecule has 21 heavy (non-hydrogen) atoms. The van der Waals surface area contributed by atoms with Gasteiger partial charge in [0.15, 0.2) is 0 Å². The van der Waals surface area contributed by atoms with Crippen LogP contribution in [0.5, 0.6) is 0 Å². The van der Waals surface area contributed by atoms with Crippen LogP contribution in [0.3, 0.4) is 0 Å². The Morgan fingerprint density at radius 3 is 2.86 bits per heavy atom. The molecular formula is C16H18ClN3O. The lowest BCUT2D eigenvalue weighted by Gasteiger charge is -2.04. The van der Waals surface area contributed by atoms with E-state index in [1.54, 1.807) is 0 Å². The zero-order valence-corrected chi connectivity index (χ0v) is 12.9. The third-order valence-electron chi connectivity index (χ3n) is 3.53. The fourth-order valence-electron chi connectivity index (χ4n) is 2.44. The molecule has 0 aliphatic heterocycles. The molecule has 2 heterocycles. The summed E-state index contributed by atoms with van der Waals surface area (Å²) in [6.07, 6.45) is 1.83. The van der Waals surface area contributed by atoms with Gasteiger partial charge in [-0.05, 0) is 19.5 Å². The van der Waals surface area contributed by atoms with E-state index in [1.165, 1.54) is 5.56 Å². The Bertz CT molecular complexity index is 741. The Hall–Kier alpha value is -1.78. The maximum absolute atomic E-state index is 6.07. The molecule has 110 valence electrons. The maximum atomic E-state index is 6.07. The van der Waals surface area contributed by atoms with Crippen molar-refractivity contribution in [3.05, 3.63) is 52.5 Å². The number of halogens is 1. The molecular weight excluding hydrogens is 286 g/mol. The van der Waals surface area contributed by atoms with Crippen molar-refractivity contribution in [1.29, 1.82) is 0 Å². The molecule has 0 bridgehead atoms. The number of para-hydroxylation sites is 1. The third kappa shape index (κ3) is 2.82. The second-order valence-electron chi connectivity index (χ2n) is 5.04. The number of nitrogens with zero attached hydrogens (tertiary/aromatic N) is 2. The van der Waals surface area contributed by atoms with Gasteiger partial charge in [0.1, 0.15) is 11.3 Å². The van der Waals surface area contributed by atoms with E-state index in [0.717, 1.165) is 35.5 Å². The minimum absolute atomic E-state index is 0.586. The first kappa shape index (κ1) is 14.2. The molecule has 3 aromatic rings. The number of aryl methyl sites for hydroxylation is 1. The van der Waals surface area contributed by atoms with Gasteiger partial charge in [-0.25, -0.2) is 0 Å². The Morgan fingerprint density at radius 2 is 2.14 bits per heavy atom. The van der Waals surface area contributed by atoms with Crippen LogP contribution in [0.1, 0.15) is 23.9 Å². The molecule has 1 N–H and O–H groups in total. The van der Waals surface area contributed by atoms with Crippen LogP contribution < -0.4 is 5.32 Å². The van der Waals surface area contributed by atoms with Gasteiger partial charge < -0.3 is 9.73 Å². The summed E-state index contributed by atoms with van der Waals surface area (Å²) < 4.78 is 7.83. The average Bonchev–Trinajstić information content (AvgIpc) is 2.97. The first-order chi connectivity index (χ1) is 10.2. The summed E-state index contributed by atoms with van der Waals surface area (Å²) in [7, 11) is 0. The summed E-state index contributed by atoms with van der Waals surface area (Å²) >= 11 is 6.07. The predicted molar refractivity (Wildman–Crippen MR) is 84.7 cm³/mol. The van der Waals surface area contributed by atoms with Gasteiger partial charge in [0.05, 0.1) is 17.3 Å². The number of fused-ring (bicyclic) bond motifs is 1. The highest BCUT2D eigenvalue weighted by atomic mass is 35.5. The molecule has 4 nitrogen and oxygen atoms in total. The summed E-state index contributed by atoms with van der Waals surface area (Å²) in [5, 5.41) is 9.61. The monoisotopic (exact) mass is 303 g/mol. The van der Waals surface area contributed by atoms with Gasteiger partial charge in [-0.1, -0.05) is 36.7 Å². The fourth-order valence-corrected chi connectivity index (χ4v) is 2.59. The minimum atomic E-state index is 0.586. The zero-order valence-electron chi connectivity index (χ0n) is 12.2. The summed E-state index contributed by atoms with van der Waals surface area (Å²) in [5.74, 6) is 0.927. The van der Waals surface area contributed by atoms with Crippen LogP contribution in [0.2, 0.25) is 5.02 Å². The van der Waals surface area contributed by atoms with E-state index in [-0.39, 0.29) is 0 Å². The predicted octanol–water partition coefficient (Wildman–Crippen LogP) is 3.75. The average molecular weight is 304 g/mol. The highest BCUT2D eigenvalue weighted by Gasteiger charge is 2.14. The van der Waals surface area contributed by atoms with Gasteiger partial charge in [0, 0.05) is 23.7 Å².